The fraction of sp³-hybridized carbons (Fsp3) is 0.500. The summed E-state index contributed by atoms with van der Waals surface area (Å²) in [5.41, 5.74) is 1.14. The highest BCUT2D eigenvalue weighted by molar-refractivity contribution is 5.76. The van der Waals surface area contributed by atoms with E-state index in [4.69, 9.17) is 9.15 Å². The summed E-state index contributed by atoms with van der Waals surface area (Å²) >= 11 is 0. The standard InChI is InChI=1S/C22H30N2O3/c1-17-11-13-24(14-12-17)20(19-7-3-4-8-21(19)26-2)16-23-22(25)10-9-18-6-5-15-27-18/h3-8,15,17,20H,9-14,16H2,1-2H3,(H,23,25). The largest absolute Gasteiger partial charge is 0.496 e. The first-order chi connectivity index (χ1) is 13.2. The van der Waals surface area contributed by atoms with Crippen molar-refractivity contribution in [3.05, 3.63) is 54.0 Å². The van der Waals surface area contributed by atoms with Crippen molar-refractivity contribution in [1.82, 2.24) is 10.2 Å². The van der Waals surface area contributed by atoms with E-state index in [0.29, 0.717) is 19.4 Å². The topological polar surface area (TPSA) is 54.7 Å². The lowest BCUT2D eigenvalue weighted by molar-refractivity contribution is -0.121. The van der Waals surface area contributed by atoms with Crippen molar-refractivity contribution in [2.45, 2.75) is 38.6 Å². The number of piperidine rings is 1. The fourth-order valence-electron chi connectivity index (χ4n) is 3.71. The number of likely N-dealkylation sites (tertiary alicyclic amines) is 1. The lowest BCUT2D eigenvalue weighted by Crippen LogP contribution is -2.42. The number of ether oxygens (including phenoxy) is 1. The smallest absolute Gasteiger partial charge is 0.220 e. The Hall–Kier alpha value is -2.27. The molecule has 1 aromatic carbocycles. The molecule has 5 nitrogen and oxygen atoms in total. The molecule has 1 aliphatic rings. The van der Waals surface area contributed by atoms with Gasteiger partial charge in [0, 0.05) is 24.9 Å². The highest BCUT2D eigenvalue weighted by atomic mass is 16.5. The Morgan fingerprint density at radius 3 is 2.74 bits per heavy atom. The third-order valence-corrected chi connectivity index (χ3v) is 5.43. The first kappa shape index (κ1) is 19.5. The van der Waals surface area contributed by atoms with E-state index in [-0.39, 0.29) is 11.9 Å². The maximum absolute atomic E-state index is 12.4. The van der Waals surface area contributed by atoms with Crippen molar-refractivity contribution in [2.24, 2.45) is 5.92 Å². The minimum atomic E-state index is 0.0525. The zero-order valence-electron chi connectivity index (χ0n) is 16.3. The number of amides is 1. The van der Waals surface area contributed by atoms with Crippen molar-refractivity contribution >= 4 is 5.91 Å². The number of aryl methyl sites for hydroxylation is 1. The molecule has 27 heavy (non-hydrogen) atoms. The Balaban J connectivity index is 1.65. The van der Waals surface area contributed by atoms with Crippen LogP contribution in [0, 0.1) is 5.92 Å². The Kier molecular flexibility index (Phi) is 6.93. The molecular weight excluding hydrogens is 340 g/mol. The van der Waals surface area contributed by atoms with Crippen LogP contribution in [0.15, 0.2) is 47.1 Å². The first-order valence-corrected chi connectivity index (χ1v) is 9.83. The quantitative estimate of drug-likeness (QED) is 0.768. The number of methoxy groups -OCH3 is 1. The molecule has 1 unspecified atom stereocenters. The molecule has 0 spiro atoms. The van der Waals surface area contributed by atoms with Crippen LogP contribution < -0.4 is 10.1 Å². The molecule has 1 N–H and O–H groups in total. The molecule has 1 aliphatic heterocycles. The highest BCUT2D eigenvalue weighted by Gasteiger charge is 2.27. The molecule has 2 heterocycles. The molecule has 2 aromatic rings. The van der Waals surface area contributed by atoms with Gasteiger partial charge in [-0.2, -0.15) is 0 Å². The van der Waals surface area contributed by atoms with E-state index < -0.39 is 0 Å². The van der Waals surface area contributed by atoms with Gasteiger partial charge in [-0.1, -0.05) is 25.1 Å². The molecule has 1 atom stereocenters. The summed E-state index contributed by atoms with van der Waals surface area (Å²) in [6, 6.07) is 12.0. The fourth-order valence-corrected chi connectivity index (χ4v) is 3.71. The van der Waals surface area contributed by atoms with Crippen LogP contribution in [0.3, 0.4) is 0 Å². The number of hydrogen-bond acceptors (Lipinski definition) is 4. The third kappa shape index (κ3) is 5.36. The maximum atomic E-state index is 12.4. The van der Waals surface area contributed by atoms with Crippen LogP contribution >= 0.6 is 0 Å². The van der Waals surface area contributed by atoms with E-state index in [1.54, 1.807) is 13.4 Å². The van der Waals surface area contributed by atoms with Crippen molar-refractivity contribution in [2.75, 3.05) is 26.7 Å². The van der Waals surface area contributed by atoms with Gasteiger partial charge in [-0.25, -0.2) is 0 Å². The van der Waals surface area contributed by atoms with Crippen LogP contribution in [-0.2, 0) is 11.2 Å². The van der Waals surface area contributed by atoms with Crippen LogP contribution in [0.1, 0.15) is 43.6 Å². The van der Waals surface area contributed by atoms with Gasteiger partial charge in [-0.05, 0) is 50.0 Å². The van der Waals surface area contributed by atoms with Gasteiger partial charge in [0.1, 0.15) is 11.5 Å². The van der Waals surface area contributed by atoms with Crippen LogP contribution in [0.2, 0.25) is 0 Å². The van der Waals surface area contributed by atoms with Crippen LogP contribution in [0.4, 0.5) is 0 Å². The first-order valence-electron chi connectivity index (χ1n) is 9.83. The highest BCUT2D eigenvalue weighted by Crippen LogP contribution is 2.31. The van der Waals surface area contributed by atoms with Gasteiger partial charge in [0.25, 0.3) is 0 Å². The SMILES string of the molecule is COc1ccccc1C(CNC(=O)CCc1ccco1)N1CCC(C)CC1. The van der Waals surface area contributed by atoms with Gasteiger partial charge < -0.3 is 14.5 Å². The molecule has 0 aliphatic carbocycles. The average molecular weight is 370 g/mol. The average Bonchev–Trinajstić information content (AvgIpc) is 3.22. The predicted octanol–water partition coefficient (Wildman–Crippen LogP) is 3.81. The second-order valence-electron chi connectivity index (χ2n) is 7.36. The number of para-hydroxylation sites is 1. The van der Waals surface area contributed by atoms with Gasteiger partial charge in [-0.3, -0.25) is 9.69 Å². The lowest BCUT2D eigenvalue weighted by atomic mass is 9.95. The zero-order valence-corrected chi connectivity index (χ0v) is 16.3. The second kappa shape index (κ2) is 9.60. The summed E-state index contributed by atoms with van der Waals surface area (Å²) in [6.07, 6.45) is 5.08. The zero-order chi connectivity index (χ0) is 19.1. The number of nitrogens with one attached hydrogen (secondary N) is 1. The number of furan rings is 1. The molecule has 1 aromatic heterocycles. The molecule has 0 saturated carbocycles. The molecular formula is C22H30N2O3. The minimum absolute atomic E-state index is 0.0525. The van der Waals surface area contributed by atoms with Crippen LogP contribution in [-0.4, -0.2) is 37.6 Å². The van der Waals surface area contributed by atoms with Gasteiger partial charge in [0.2, 0.25) is 5.91 Å². The van der Waals surface area contributed by atoms with E-state index in [0.717, 1.165) is 36.1 Å². The Morgan fingerprint density at radius 1 is 1.26 bits per heavy atom. The van der Waals surface area contributed by atoms with Crippen molar-refractivity contribution < 1.29 is 13.9 Å². The molecule has 1 saturated heterocycles. The summed E-state index contributed by atoms with van der Waals surface area (Å²) in [5, 5.41) is 3.13. The van der Waals surface area contributed by atoms with Crippen molar-refractivity contribution in [3.8, 4) is 5.75 Å². The van der Waals surface area contributed by atoms with E-state index in [1.165, 1.54) is 12.8 Å². The van der Waals surface area contributed by atoms with Crippen molar-refractivity contribution in [3.63, 3.8) is 0 Å². The summed E-state index contributed by atoms with van der Waals surface area (Å²) in [6.45, 7) is 5.00. The van der Waals surface area contributed by atoms with E-state index >= 15 is 0 Å². The van der Waals surface area contributed by atoms with Gasteiger partial charge in [0.15, 0.2) is 0 Å². The number of carbonyl (C=O) groups is 1. The normalized spacial score (nSPS) is 16.8. The predicted molar refractivity (Wildman–Crippen MR) is 106 cm³/mol. The summed E-state index contributed by atoms with van der Waals surface area (Å²) in [4.78, 5) is 14.8. The maximum Gasteiger partial charge on any atom is 0.220 e. The molecule has 1 fully saturated rings. The molecule has 5 heteroatoms. The third-order valence-electron chi connectivity index (χ3n) is 5.43. The van der Waals surface area contributed by atoms with E-state index in [9.17, 15) is 4.79 Å². The number of rotatable bonds is 8. The summed E-state index contributed by atoms with van der Waals surface area (Å²) < 4.78 is 10.9. The van der Waals surface area contributed by atoms with Crippen LogP contribution in [0.25, 0.3) is 0 Å². The number of nitrogens with zero attached hydrogens (tertiary/aromatic N) is 1. The lowest BCUT2D eigenvalue weighted by Gasteiger charge is -2.37. The molecule has 146 valence electrons. The van der Waals surface area contributed by atoms with E-state index in [1.807, 2.05) is 30.3 Å². The number of benzene rings is 1. The number of hydrogen-bond donors (Lipinski definition) is 1. The van der Waals surface area contributed by atoms with Gasteiger partial charge in [0.05, 0.1) is 19.4 Å². The molecule has 1 amide bonds. The van der Waals surface area contributed by atoms with Crippen LogP contribution in [0.5, 0.6) is 5.75 Å². The van der Waals surface area contributed by atoms with Gasteiger partial charge >= 0.3 is 0 Å². The Morgan fingerprint density at radius 2 is 2.04 bits per heavy atom. The Labute approximate surface area is 161 Å². The summed E-state index contributed by atoms with van der Waals surface area (Å²) in [7, 11) is 1.70. The Bertz CT molecular complexity index is 706. The monoisotopic (exact) mass is 370 g/mol. The molecule has 0 radical (unpaired) electrons. The number of carbonyl (C=O) groups excluding carboxylic acids is 1. The van der Waals surface area contributed by atoms with Crippen molar-refractivity contribution in [1.29, 1.82) is 0 Å². The van der Waals surface area contributed by atoms with E-state index in [2.05, 4.69) is 23.2 Å². The minimum Gasteiger partial charge on any atom is -0.496 e. The molecule has 3 rings (SSSR count). The summed E-state index contributed by atoms with van der Waals surface area (Å²) in [5.74, 6) is 2.54. The van der Waals surface area contributed by atoms with Gasteiger partial charge in [-0.15, -0.1) is 0 Å². The second-order valence-corrected chi connectivity index (χ2v) is 7.36. The molecule has 0 bridgehead atoms.